The molecule has 0 saturated heterocycles. The van der Waals surface area contributed by atoms with E-state index in [9.17, 15) is 9.59 Å². The second kappa shape index (κ2) is 8.37. The number of methoxy groups -OCH3 is 1. The molecule has 1 aromatic rings. The van der Waals surface area contributed by atoms with Crippen molar-refractivity contribution in [3.63, 3.8) is 0 Å². The van der Waals surface area contributed by atoms with Crippen LogP contribution in [0.2, 0.25) is 0 Å². The molecule has 0 amide bonds. The molecule has 0 unspecified atom stereocenters. The molecule has 5 nitrogen and oxygen atoms in total. The van der Waals surface area contributed by atoms with Crippen LogP contribution in [-0.2, 0) is 9.53 Å². The van der Waals surface area contributed by atoms with E-state index in [1.54, 1.807) is 19.1 Å². The van der Waals surface area contributed by atoms with Crippen LogP contribution in [0, 0.1) is 0 Å². The van der Waals surface area contributed by atoms with E-state index in [0.29, 0.717) is 34.4 Å². The molecule has 0 aromatic heterocycles. The molecule has 0 atom stereocenters. The summed E-state index contributed by atoms with van der Waals surface area (Å²) in [4.78, 5) is 22.1. The van der Waals surface area contributed by atoms with Crippen LogP contribution in [-0.4, -0.2) is 32.6 Å². The van der Waals surface area contributed by atoms with Gasteiger partial charge in [0.15, 0.2) is 6.29 Å². The Balaban J connectivity index is 2.70. The Morgan fingerprint density at radius 2 is 2.10 bits per heavy atom. The third-order valence-electron chi connectivity index (χ3n) is 2.29. The molecule has 1 aromatic carbocycles. The van der Waals surface area contributed by atoms with E-state index in [1.165, 1.54) is 19.3 Å². The SMILES string of the molecule is CCOC(=O)/C=C/COc1cc(Br)c(OC)cc1C=O. The fraction of sp³-hybridized carbons (Fsp3) is 0.286. The highest BCUT2D eigenvalue weighted by Crippen LogP contribution is 2.31. The predicted octanol–water partition coefficient (Wildman–Crippen LogP) is 2.77. The molecule has 0 radical (unpaired) electrons. The van der Waals surface area contributed by atoms with Crippen LogP contribution in [0.25, 0.3) is 0 Å². The highest BCUT2D eigenvalue weighted by molar-refractivity contribution is 9.10. The molecule has 6 heteroatoms. The number of rotatable bonds is 7. The minimum absolute atomic E-state index is 0.151. The zero-order chi connectivity index (χ0) is 15.0. The Morgan fingerprint density at radius 1 is 1.35 bits per heavy atom. The largest absolute Gasteiger partial charge is 0.496 e. The minimum Gasteiger partial charge on any atom is -0.496 e. The van der Waals surface area contributed by atoms with Crippen LogP contribution in [0.3, 0.4) is 0 Å². The van der Waals surface area contributed by atoms with Gasteiger partial charge in [-0.1, -0.05) is 0 Å². The van der Waals surface area contributed by atoms with Gasteiger partial charge >= 0.3 is 5.97 Å². The van der Waals surface area contributed by atoms with E-state index in [-0.39, 0.29) is 6.61 Å². The molecule has 0 fully saturated rings. The molecule has 0 heterocycles. The molecule has 0 saturated carbocycles. The van der Waals surface area contributed by atoms with E-state index in [1.807, 2.05) is 0 Å². The van der Waals surface area contributed by atoms with Crippen LogP contribution in [0.1, 0.15) is 17.3 Å². The Kier molecular flexibility index (Phi) is 6.79. The van der Waals surface area contributed by atoms with E-state index in [4.69, 9.17) is 14.2 Å². The molecule has 0 spiro atoms. The number of aldehydes is 1. The number of hydrogen-bond acceptors (Lipinski definition) is 5. The third kappa shape index (κ3) is 4.70. The quantitative estimate of drug-likeness (QED) is 0.433. The number of ether oxygens (including phenoxy) is 3. The first-order valence-electron chi connectivity index (χ1n) is 5.91. The van der Waals surface area contributed by atoms with Crippen LogP contribution in [0.5, 0.6) is 11.5 Å². The number of hydrogen-bond donors (Lipinski definition) is 0. The van der Waals surface area contributed by atoms with Crippen molar-refractivity contribution in [2.75, 3.05) is 20.3 Å². The van der Waals surface area contributed by atoms with Gasteiger partial charge in [0, 0.05) is 6.08 Å². The average Bonchev–Trinajstić information content (AvgIpc) is 2.44. The van der Waals surface area contributed by atoms with Crippen molar-refractivity contribution in [3.8, 4) is 11.5 Å². The van der Waals surface area contributed by atoms with Crippen molar-refractivity contribution in [2.24, 2.45) is 0 Å². The number of halogens is 1. The molecular weight excluding hydrogens is 328 g/mol. The smallest absolute Gasteiger partial charge is 0.330 e. The van der Waals surface area contributed by atoms with Gasteiger partial charge in [0.25, 0.3) is 0 Å². The average molecular weight is 343 g/mol. The summed E-state index contributed by atoms with van der Waals surface area (Å²) in [7, 11) is 1.51. The van der Waals surface area contributed by atoms with Crippen molar-refractivity contribution >= 4 is 28.2 Å². The zero-order valence-corrected chi connectivity index (χ0v) is 12.8. The Bertz CT molecular complexity index is 511. The highest BCUT2D eigenvalue weighted by atomic mass is 79.9. The first kappa shape index (κ1) is 16.2. The summed E-state index contributed by atoms with van der Waals surface area (Å²) in [6, 6.07) is 3.21. The maximum absolute atomic E-state index is 11.1. The van der Waals surface area contributed by atoms with Gasteiger partial charge in [0.1, 0.15) is 18.1 Å². The van der Waals surface area contributed by atoms with Gasteiger partial charge < -0.3 is 14.2 Å². The lowest BCUT2D eigenvalue weighted by molar-refractivity contribution is -0.137. The van der Waals surface area contributed by atoms with Gasteiger partial charge in [-0.2, -0.15) is 0 Å². The molecule has 0 aliphatic carbocycles. The van der Waals surface area contributed by atoms with Crippen LogP contribution in [0.4, 0.5) is 0 Å². The van der Waals surface area contributed by atoms with Gasteiger partial charge in [-0.15, -0.1) is 0 Å². The summed E-state index contributed by atoms with van der Waals surface area (Å²) in [6.45, 7) is 2.21. The predicted molar refractivity (Wildman–Crippen MR) is 77.3 cm³/mol. The fourth-order valence-electron chi connectivity index (χ4n) is 1.40. The van der Waals surface area contributed by atoms with Gasteiger partial charge in [-0.25, -0.2) is 4.79 Å². The van der Waals surface area contributed by atoms with Gasteiger partial charge in [-0.05, 0) is 41.1 Å². The lowest BCUT2D eigenvalue weighted by Gasteiger charge is -2.10. The minimum atomic E-state index is -0.428. The first-order chi connectivity index (χ1) is 9.62. The van der Waals surface area contributed by atoms with Crippen molar-refractivity contribution in [3.05, 3.63) is 34.3 Å². The van der Waals surface area contributed by atoms with E-state index in [0.717, 1.165) is 0 Å². The molecule has 108 valence electrons. The fourth-order valence-corrected chi connectivity index (χ4v) is 1.88. The number of benzene rings is 1. The number of carbonyl (C=O) groups excluding carboxylic acids is 2. The van der Waals surface area contributed by atoms with E-state index < -0.39 is 5.97 Å². The maximum Gasteiger partial charge on any atom is 0.330 e. The number of esters is 1. The maximum atomic E-state index is 11.1. The molecule has 1 rings (SSSR count). The van der Waals surface area contributed by atoms with E-state index in [2.05, 4.69) is 15.9 Å². The normalized spacial score (nSPS) is 10.3. The topological polar surface area (TPSA) is 61.8 Å². The van der Waals surface area contributed by atoms with Crippen LogP contribution < -0.4 is 9.47 Å². The van der Waals surface area contributed by atoms with E-state index >= 15 is 0 Å². The van der Waals surface area contributed by atoms with Crippen molar-refractivity contribution in [1.82, 2.24) is 0 Å². The highest BCUT2D eigenvalue weighted by Gasteiger charge is 2.09. The third-order valence-corrected chi connectivity index (χ3v) is 2.91. The summed E-state index contributed by atoms with van der Waals surface area (Å²) in [5.41, 5.74) is 0.370. The van der Waals surface area contributed by atoms with Crippen molar-refractivity contribution in [1.29, 1.82) is 0 Å². The molecule has 0 N–H and O–H groups in total. The van der Waals surface area contributed by atoms with Crippen LogP contribution >= 0.6 is 15.9 Å². The summed E-state index contributed by atoms with van der Waals surface area (Å²) >= 11 is 3.31. The second-order valence-electron chi connectivity index (χ2n) is 3.61. The lowest BCUT2D eigenvalue weighted by atomic mass is 10.2. The second-order valence-corrected chi connectivity index (χ2v) is 4.46. The van der Waals surface area contributed by atoms with Gasteiger partial charge in [0.2, 0.25) is 0 Å². The summed E-state index contributed by atoms with van der Waals surface area (Å²) in [5.74, 6) is 0.519. The summed E-state index contributed by atoms with van der Waals surface area (Å²) < 4.78 is 15.9. The lowest BCUT2D eigenvalue weighted by Crippen LogP contribution is -2.02. The molecule has 0 aliphatic heterocycles. The summed E-state index contributed by atoms with van der Waals surface area (Å²) in [5, 5.41) is 0. The Hall–Kier alpha value is -1.82. The van der Waals surface area contributed by atoms with Crippen molar-refractivity contribution in [2.45, 2.75) is 6.92 Å². The Morgan fingerprint density at radius 3 is 2.70 bits per heavy atom. The molecule has 0 aliphatic rings. The Labute approximate surface area is 125 Å². The number of carbonyl (C=O) groups is 2. The monoisotopic (exact) mass is 342 g/mol. The molecule has 0 bridgehead atoms. The molecule has 20 heavy (non-hydrogen) atoms. The van der Waals surface area contributed by atoms with Crippen molar-refractivity contribution < 1.29 is 23.8 Å². The van der Waals surface area contributed by atoms with Gasteiger partial charge in [0.05, 0.1) is 23.8 Å². The summed E-state index contributed by atoms with van der Waals surface area (Å²) in [6.07, 6.45) is 3.48. The standard InChI is InChI=1S/C14H15BrO5/c1-3-19-14(17)5-4-6-20-12-8-11(15)13(18-2)7-10(12)9-16/h4-5,7-9H,3,6H2,1-2H3/b5-4+. The van der Waals surface area contributed by atoms with Crippen LogP contribution in [0.15, 0.2) is 28.8 Å². The zero-order valence-electron chi connectivity index (χ0n) is 11.2. The molecular formula is C14H15BrO5. The first-order valence-corrected chi connectivity index (χ1v) is 6.70. The van der Waals surface area contributed by atoms with Gasteiger partial charge in [-0.3, -0.25) is 4.79 Å².